The highest BCUT2D eigenvalue weighted by Gasteiger charge is 2.18. The molecule has 35 heavy (non-hydrogen) atoms. The number of benzene rings is 3. The summed E-state index contributed by atoms with van der Waals surface area (Å²) in [5, 5.41) is 12.3. The van der Waals surface area contributed by atoms with E-state index in [1.807, 2.05) is 23.6 Å². The predicted octanol–water partition coefficient (Wildman–Crippen LogP) is 4.54. The van der Waals surface area contributed by atoms with Gasteiger partial charge in [0.2, 0.25) is 5.91 Å². The van der Waals surface area contributed by atoms with Crippen molar-refractivity contribution in [2.45, 2.75) is 17.0 Å². The van der Waals surface area contributed by atoms with E-state index < -0.39 is 10.0 Å². The highest BCUT2D eigenvalue weighted by Crippen LogP contribution is 2.30. The van der Waals surface area contributed by atoms with Crippen LogP contribution in [0.5, 0.6) is 0 Å². The molecule has 4 rings (SSSR count). The molecule has 0 saturated heterocycles. The lowest BCUT2D eigenvalue weighted by Crippen LogP contribution is -2.20. The molecule has 0 radical (unpaired) electrons. The molecule has 0 aliphatic rings. The number of thioether (sulfide) groups is 1. The number of nitrogens with one attached hydrogen (secondary N) is 2. The van der Waals surface area contributed by atoms with Gasteiger partial charge in [-0.2, -0.15) is 0 Å². The number of aromatic nitrogens is 3. The van der Waals surface area contributed by atoms with Crippen LogP contribution in [0, 0.1) is 6.92 Å². The standard InChI is InChI=1S/C24H22ClN5O3S2/c1-16-6-12-21(13-7-16)35(32,33)29-19-10-8-17(9-11-19)23-27-28-24(34-15-22(31)26-2)30(23)20-5-3-4-18(25)14-20/h3-14,29H,15H2,1-2H3,(H,26,31). The number of hydrogen-bond donors (Lipinski definition) is 2. The molecule has 180 valence electrons. The van der Waals surface area contributed by atoms with Gasteiger partial charge < -0.3 is 5.32 Å². The van der Waals surface area contributed by atoms with Crippen LogP contribution in [0.25, 0.3) is 17.1 Å². The van der Waals surface area contributed by atoms with Crippen LogP contribution in [0.2, 0.25) is 5.02 Å². The molecule has 1 aromatic heterocycles. The summed E-state index contributed by atoms with van der Waals surface area (Å²) in [5.74, 6) is 0.566. The van der Waals surface area contributed by atoms with Crippen molar-refractivity contribution in [3.05, 3.63) is 83.4 Å². The summed E-state index contributed by atoms with van der Waals surface area (Å²) in [5.41, 5.74) is 2.84. The third-order valence-corrected chi connectivity index (χ3v) is 7.60. The number of rotatable bonds is 8. The molecular weight excluding hydrogens is 506 g/mol. The van der Waals surface area contributed by atoms with E-state index in [1.54, 1.807) is 67.7 Å². The minimum atomic E-state index is -3.72. The van der Waals surface area contributed by atoms with Crippen molar-refractivity contribution in [2.75, 3.05) is 17.5 Å². The highest BCUT2D eigenvalue weighted by atomic mass is 35.5. The Hall–Kier alpha value is -3.34. The zero-order valence-electron chi connectivity index (χ0n) is 18.9. The predicted molar refractivity (Wildman–Crippen MR) is 139 cm³/mol. The Morgan fingerprint density at radius 3 is 2.40 bits per heavy atom. The van der Waals surface area contributed by atoms with Crippen molar-refractivity contribution in [3.63, 3.8) is 0 Å². The summed E-state index contributed by atoms with van der Waals surface area (Å²) in [7, 11) is -2.14. The van der Waals surface area contributed by atoms with Crippen LogP contribution < -0.4 is 10.0 Å². The lowest BCUT2D eigenvalue weighted by molar-refractivity contribution is -0.118. The van der Waals surface area contributed by atoms with Crippen molar-refractivity contribution in [1.29, 1.82) is 0 Å². The lowest BCUT2D eigenvalue weighted by Gasteiger charge is -2.12. The van der Waals surface area contributed by atoms with E-state index in [1.165, 1.54) is 11.8 Å². The summed E-state index contributed by atoms with van der Waals surface area (Å²) in [6, 6.07) is 20.7. The molecule has 0 saturated carbocycles. The van der Waals surface area contributed by atoms with Gasteiger partial charge in [0, 0.05) is 23.3 Å². The monoisotopic (exact) mass is 527 g/mol. The Kier molecular flexibility index (Phi) is 7.44. The van der Waals surface area contributed by atoms with Crippen LogP contribution >= 0.6 is 23.4 Å². The fourth-order valence-corrected chi connectivity index (χ4v) is 5.29. The van der Waals surface area contributed by atoms with Gasteiger partial charge in [0.15, 0.2) is 11.0 Å². The number of halogens is 1. The van der Waals surface area contributed by atoms with E-state index >= 15 is 0 Å². The van der Waals surface area contributed by atoms with Gasteiger partial charge in [-0.15, -0.1) is 10.2 Å². The van der Waals surface area contributed by atoms with Crippen molar-refractivity contribution in [3.8, 4) is 17.1 Å². The van der Waals surface area contributed by atoms with E-state index in [4.69, 9.17) is 11.6 Å². The van der Waals surface area contributed by atoms with E-state index in [0.29, 0.717) is 27.3 Å². The summed E-state index contributed by atoms with van der Waals surface area (Å²) < 4.78 is 29.8. The van der Waals surface area contributed by atoms with Crippen molar-refractivity contribution in [2.24, 2.45) is 0 Å². The molecule has 4 aromatic rings. The van der Waals surface area contributed by atoms with Gasteiger partial charge in [-0.25, -0.2) is 8.42 Å². The summed E-state index contributed by atoms with van der Waals surface area (Å²) in [6.45, 7) is 1.90. The van der Waals surface area contributed by atoms with Gasteiger partial charge in [-0.3, -0.25) is 14.1 Å². The average molecular weight is 528 g/mol. The first-order valence-corrected chi connectivity index (χ1v) is 13.4. The van der Waals surface area contributed by atoms with Crippen LogP contribution in [0.4, 0.5) is 5.69 Å². The fraction of sp³-hybridized carbons (Fsp3) is 0.125. The Labute approximate surface area is 212 Å². The number of amides is 1. The molecule has 0 bridgehead atoms. The molecule has 0 unspecified atom stereocenters. The molecule has 8 nitrogen and oxygen atoms in total. The molecule has 0 fully saturated rings. The van der Waals surface area contributed by atoms with Crippen molar-refractivity contribution >= 4 is 45.0 Å². The molecule has 1 heterocycles. The molecular formula is C24H22ClN5O3S2. The second-order valence-corrected chi connectivity index (χ2v) is 10.6. The van der Waals surface area contributed by atoms with Crippen LogP contribution in [0.3, 0.4) is 0 Å². The smallest absolute Gasteiger partial charge is 0.261 e. The van der Waals surface area contributed by atoms with Gasteiger partial charge in [-0.05, 0) is 61.5 Å². The quantitative estimate of drug-likeness (QED) is 0.326. The maximum atomic E-state index is 12.7. The van der Waals surface area contributed by atoms with E-state index in [0.717, 1.165) is 11.3 Å². The third kappa shape index (κ3) is 5.84. The van der Waals surface area contributed by atoms with Gasteiger partial charge >= 0.3 is 0 Å². The zero-order chi connectivity index (χ0) is 25.0. The molecule has 3 aromatic carbocycles. The third-order valence-electron chi connectivity index (χ3n) is 5.04. The van der Waals surface area contributed by atoms with Crippen LogP contribution in [0.1, 0.15) is 5.56 Å². The number of carbonyl (C=O) groups is 1. The SMILES string of the molecule is CNC(=O)CSc1nnc(-c2ccc(NS(=O)(=O)c3ccc(C)cc3)cc2)n1-c1cccc(Cl)c1. The Morgan fingerprint density at radius 2 is 1.74 bits per heavy atom. The summed E-state index contributed by atoms with van der Waals surface area (Å²) in [6.07, 6.45) is 0. The molecule has 0 spiro atoms. The second-order valence-electron chi connectivity index (χ2n) is 7.58. The Bertz CT molecular complexity index is 1450. The topological polar surface area (TPSA) is 106 Å². The van der Waals surface area contributed by atoms with Crippen molar-refractivity contribution in [1.82, 2.24) is 20.1 Å². The van der Waals surface area contributed by atoms with Crippen LogP contribution in [-0.4, -0.2) is 41.9 Å². The second kappa shape index (κ2) is 10.5. The lowest BCUT2D eigenvalue weighted by atomic mass is 10.2. The van der Waals surface area contributed by atoms with E-state index in [2.05, 4.69) is 20.2 Å². The molecule has 0 aliphatic carbocycles. The number of aryl methyl sites for hydroxylation is 1. The summed E-state index contributed by atoms with van der Waals surface area (Å²) in [4.78, 5) is 12.0. The number of nitrogens with zero attached hydrogens (tertiary/aromatic N) is 3. The van der Waals surface area contributed by atoms with E-state index in [9.17, 15) is 13.2 Å². The fourth-order valence-electron chi connectivity index (χ4n) is 3.22. The molecule has 0 atom stereocenters. The maximum Gasteiger partial charge on any atom is 0.261 e. The first kappa shape index (κ1) is 24.8. The number of carbonyl (C=O) groups excluding carboxylic acids is 1. The van der Waals surface area contributed by atoms with Crippen LogP contribution in [0.15, 0.2) is 82.8 Å². The molecule has 1 amide bonds. The normalized spacial score (nSPS) is 11.3. The first-order valence-electron chi connectivity index (χ1n) is 10.5. The van der Waals surface area contributed by atoms with Crippen molar-refractivity contribution < 1.29 is 13.2 Å². The van der Waals surface area contributed by atoms with Gasteiger partial charge in [0.1, 0.15) is 0 Å². The summed E-state index contributed by atoms with van der Waals surface area (Å²) >= 11 is 7.46. The van der Waals surface area contributed by atoms with Gasteiger partial charge in [-0.1, -0.05) is 47.1 Å². The van der Waals surface area contributed by atoms with Gasteiger partial charge in [0.05, 0.1) is 16.3 Å². The zero-order valence-corrected chi connectivity index (χ0v) is 21.3. The van der Waals surface area contributed by atoms with Gasteiger partial charge in [0.25, 0.3) is 10.0 Å². The maximum absolute atomic E-state index is 12.7. The average Bonchev–Trinajstić information content (AvgIpc) is 3.27. The largest absolute Gasteiger partial charge is 0.358 e. The minimum Gasteiger partial charge on any atom is -0.358 e. The molecule has 11 heteroatoms. The molecule has 0 aliphatic heterocycles. The first-order chi connectivity index (χ1) is 16.8. The molecule has 2 N–H and O–H groups in total. The number of anilines is 1. The Morgan fingerprint density at radius 1 is 1.03 bits per heavy atom. The highest BCUT2D eigenvalue weighted by molar-refractivity contribution is 7.99. The van der Waals surface area contributed by atoms with Crippen LogP contribution in [-0.2, 0) is 14.8 Å². The minimum absolute atomic E-state index is 0.137. The Balaban J connectivity index is 1.65. The van der Waals surface area contributed by atoms with E-state index in [-0.39, 0.29) is 16.6 Å². The number of sulfonamides is 1. The number of hydrogen-bond acceptors (Lipinski definition) is 6.